The molecule has 1 saturated heterocycles. The lowest BCUT2D eigenvalue weighted by molar-refractivity contribution is -0.117. The first-order valence-electron chi connectivity index (χ1n) is 6.37. The number of nitrogens with zero attached hydrogens (tertiary/aromatic N) is 1. The molecular weight excluding hydrogens is 212 g/mol. The summed E-state index contributed by atoms with van der Waals surface area (Å²) in [6, 6.07) is 8.60. The first kappa shape index (κ1) is 12.1. The molecule has 0 saturated carbocycles. The zero-order valence-electron chi connectivity index (χ0n) is 10.6. The molecule has 1 heterocycles. The lowest BCUT2D eigenvalue weighted by Gasteiger charge is -2.17. The molecule has 0 radical (unpaired) electrons. The van der Waals surface area contributed by atoms with Crippen LogP contribution in [-0.4, -0.2) is 25.0 Å². The zero-order valence-corrected chi connectivity index (χ0v) is 10.6. The normalized spacial score (nSPS) is 20.0. The van der Waals surface area contributed by atoms with Crippen molar-refractivity contribution in [2.45, 2.75) is 32.7 Å². The van der Waals surface area contributed by atoms with Crippen LogP contribution in [0.2, 0.25) is 0 Å². The van der Waals surface area contributed by atoms with Crippen molar-refractivity contribution in [1.29, 1.82) is 0 Å². The molecule has 3 nitrogen and oxygen atoms in total. The number of aryl methyl sites for hydroxylation is 1. The van der Waals surface area contributed by atoms with E-state index in [1.54, 1.807) is 0 Å². The van der Waals surface area contributed by atoms with Crippen molar-refractivity contribution in [1.82, 2.24) is 5.32 Å². The van der Waals surface area contributed by atoms with E-state index in [1.807, 2.05) is 17.0 Å². The Labute approximate surface area is 103 Å². The lowest BCUT2D eigenvalue weighted by Crippen LogP contribution is -2.32. The van der Waals surface area contributed by atoms with Gasteiger partial charge in [-0.25, -0.2) is 0 Å². The van der Waals surface area contributed by atoms with Gasteiger partial charge in [-0.15, -0.1) is 0 Å². The molecule has 2 rings (SSSR count). The van der Waals surface area contributed by atoms with E-state index in [2.05, 4.69) is 31.3 Å². The van der Waals surface area contributed by atoms with Crippen molar-refractivity contribution in [3.8, 4) is 0 Å². The standard InChI is InChI=1S/C14H20N2O/c1-3-11-5-7-13(8-6-11)16-10-12(15-4-2)9-14(16)17/h5-8,12,15H,3-4,9-10H2,1-2H3. The predicted octanol–water partition coefficient (Wildman–Crippen LogP) is 1.96. The maximum absolute atomic E-state index is 11.9. The van der Waals surface area contributed by atoms with Crippen molar-refractivity contribution in [2.75, 3.05) is 18.0 Å². The minimum Gasteiger partial charge on any atom is -0.312 e. The van der Waals surface area contributed by atoms with Gasteiger partial charge in [0, 0.05) is 24.7 Å². The molecule has 1 aromatic rings. The number of anilines is 1. The number of carbonyl (C=O) groups excluding carboxylic acids is 1. The van der Waals surface area contributed by atoms with E-state index in [0.29, 0.717) is 12.5 Å². The molecule has 92 valence electrons. The number of rotatable bonds is 4. The fourth-order valence-electron chi connectivity index (χ4n) is 2.29. The number of hydrogen-bond acceptors (Lipinski definition) is 2. The summed E-state index contributed by atoms with van der Waals surface area (Å²) in [7, 11) is 0. The Bertz CT molecular complexity index is 386. The Morgan fingerprint density at radius 1 is 1.29 bits per heavy atom. The molecule has 0 spiro atoms. The highest BCUT2D eigenvalue weighted by Crippen LogP contribution is 2.22. The molecule has 1 amide bonds. The Morgan fingerprint density at radius 2 is 2.00 bits per heavy atom. The highest BCUT2D eigenvalue weighted by molar-refractivity contribution is 5.96. The van der Waals surface area contributed by atoms with E-state index >= 15 is 0 Å². The van der Waals surface area contributed by atoms with Gasteiger partial charge in [0.1, 0.15) is 0 Å². The summed E-state index contributed by atoms with van der Waals surface area (Å²) in [6.45, 7) is 5.92. The summed E-state index contributed by atoms with van der Waals surface area (Å²) >= 11 is 0. The summed E-state index contributed by atoms with van der Waals surface area (Å²) in [5, 5.41) is 3.33. The molecule has 1 unspecified atom stereocenters. The fraction of sp³-hybridized carbons (Fsp3) is 0.500. The third-order valence-electron chi connectivity index (χ3n) is 3.27. The monoisotopic (exact) mass is 232 g/mol. The van der Waals surface area contributed by atoms with E-state index in [9.17, 15) is 4.79 Å². The average molecular weight is 232 g/mol. The topological polar surface area (TPSA) is 32.3 Å². The fourth-order valence-corrected chi connectivity index (χ4v) is 2.29. The molecule has 1 fully saturated rings. The van der Waals surface area contributed by atoms with Gasteiger partial charge >= 0.3 is 0 Å². The number of amides is 1. The van der Waals surface area contributed by atoms with Gasteiger partial charge < -0.3 is 10.2 Å². The maximum atomic E-state index is 11.9. The number of likely N-dealkylation sites (N-methyl/N-ethyl adjacent to an activating group) is 1. The molecule has 1 aromatic carbocycles. The Hall–Kier alpha value is -1.35. The van der Waals surface area contributed by atoms with E-state index in [4.69, 9.17) is 0 Å². The van der Waals surface area contributed by atoms with Crippen LogP contribution in [0.4, 0.5) is 5.69 Å². The molecular formula is C14H20N2O. The SMILES string of the molecule is CCNC1CC(=O)N(c2ccc(CC)cc2)C1. The van der Waals surface area contributed by atoms with Crippen LogP contribution >= 0.6 is 0 Å². The second-order valence-electron chi connectivity index (χ2n) is 4.48. The first-order valence-corrected chi connectivity index (χ1v) is 6.37. The summed E-state index contributed by atoms with van der Waals surface area (Å²) in [5.74, 6) is 0.222. The minimum absolute atomic E-state index is 0.222. The Balaban J connectivity index is 2.08. The van der Waals surface area contributed by atoms with E-state index in [-0.39, 0.29) is 5.91 Å². The molecule has 17 heavy (non-hydrogen) atoms. The first-order chi connectivity index (χ1) is 8.24. The van der Waals surface area contributed by atoms with Crippen LogP contribution < -0.4 is 10.2 Å². The molecule has 1 aliphatic heterocycles. The van der Waals surface area contributed by atoms with E-state index in [1.165, 1.54) is 5.56 Å². The van der Waals surface area contributed by atoms with Crippen LogP contribution in [0.3, 0.4) is 0 Å². The highest BCUT2D eigenvalue weighted by atomic mass is 16.2. The summed E-state index contributed by atoms with van der Waals surface area (Å²) in [4.78, 5) is 13.8. The minimum atomic E-state index is 0.222. The molecule has 3 heteroatoms. The van der Waals surface area contributed by atoms with Crippen molar-refractivity contribution in [3.63, 3.8) is 0 Å². The van der Waals surface area contributed by atoms with Crippen LogP contribution in [0.15, 0.2) is 24.3 Å². The average Bonchev–Trinajstić information content (AvgIpc) is 2.71. The van der Waals surface area contributed by atoms with Gasteiger partial charge in [0.2, 0.25) is 5.91 Å². The van der Waals surface area contributed by atoms with Gasteiger partial charge in [0.05, 0.1) is 0 Å². The van der Waals surface area contributed by atoms with E-state index < -0.39 is 0 Å². The smallest absolute Gasteiger partial charge is 0.228 e. The van der Waals surface area contributed by atoms with Crippen LogP contribution in [-0.2, 0) is 11.2 Å². The van der Waals surface area contributed by atoms with Crippen molar-refractivity contribution in [2.24, 2.45) is 0 Å². The van der Waals surface area contributed by atoms with Gasteiger partial charge in [-0.05, 0) is 30.7 Å². The van der Waals surface area contributed by atoms with Crippen molar-refractivity contribution in [3.05, 3.63) is 29.8 Å². The summed E-state index contributed by atoms with van der Waals surface area (Å²) in [6.07, 6.45) is 1.65. The molecule has 0 aliphatic carbocycles. The number of nitrogens with one attached hydrogen (secondary N) is 1. The Kier molecular flexibility index (Phi) is 3.79. The van der Waals surface area contributed by atoms with E-state index in [0.717, 1.165) is 25.2 Å². The quantitative estimate of drug-likeness (QED) is 0.860. The van der Waals surface area contributed by atoms with Gasteiger partial charge in [-0.2, -0.15) is 0 Å². The molecule has 1 aliphatic rings. The molecule has 0 aromatic heterocycles. The molecule has 0 bridgehead atoms. The van der Waals surface area contributed by atoms with Crippen LogP contribution in [0, 0.1) is 0 Å². The maximum Gasteiger partial charge on any atom is 0.228 e. The van der Waals surface area contributed by atoms with Gasteiger partial charge in [0.25, 0.3) is 0 Å². The van der Waals surface area contributed by atoms with Gasteiger partial charge in [-0.3, -0.25) is 4.79 Å². The third-order valence-corrected chi connectivity index (χ3v) is 3.27. The second kappa shape index (κ2) is 5.32. The van der Waals surface area contributed by atoms with Crippen LogP contribution in [0.25, 0.3) is 0 Å². The van der Waals surface area contributed by atoms with Crippen LogP contribution in [0.1, 0.15) is 25.8 Å². The van der Waals surface area contributed by atoms with Crippen molar-refractivity contribution >= 4 is 11.6 Å². The number of carbonyl (C=O) groups is 1. The number of hydrogen-bond donors (Lipinski definition) is 1. The van der Waals surface area contributed by atoms with Gasteiger partial charge in [-0.1, -0.05) is 26.0 Å². The highest BCUT2D eigenvalue weighted by Gasteiger charge is 2.29. The number of benzene rings is 1. The zero-order chi connectivity index (χ0) is 12.3. The second-order valence-corrected chi connectivity index (χ2v) is 4.48. The molecule has 1 atom stereocenters. The summed E-state index contributed by atoms with van der Waals surface area (Å²) < 4.78 is 0. The van der Waals surface area contributed by atoms with Gasteiger partial charge in [0.15, 0.2) is 0 Å². The third kappa shape index (κ3) is 2.67. The predicted molar refractivity (Wildman–Crippen MR) is 70.3 cm³/mol. The molecule has 1 N–H and O–H groups in total. The van der Waals surface area contributed by atoms with Crippen molar-refractivity contribution < 1.29 is 4.79 Å². The lowest BCUT2D eigenvalue weighted by atomic mass is 10.1. The largest absolute Gasteiger partial charge is 0.312 e. The van der Waals surface area contributed by atoms with Crippen LogP contribution in [0.5, 0.6) is 0 Å². The Morgan fingerprint density at radius 3 is 2.59 bits per heavy atom. The summed E-state index contributed by atoms with van der Waals surface area (Å²) in [5.41, 5.74) is 2.33.